The quantitative estimate of drug-likeness (QED) is 0.575. The molecule has 0 spiro atoms. The van der Waals surface area contributed by atoms with Crippen molar-refractivity contribution >= 4 is 27.3 Å². The van der Waals surface area contributed by atoms with E-state index in [1.165, 1.54) is 12.1 Å². The zero-order valence-corrected chi connectivity index (χ0v) is 17.9. The fourth-order valence-corrected chi connectivity index (χ4v) is 4.23. The number of carbonyl (C=O) groups excluding carboxylic acids is 1. The highest BCUT2D eigenvalue weighted by Gasteiger charge is 2.18. The minimum atomic E-state index is -3.89. The van der Waals surface area contributed by atoms with E-state index in [2.05, 4.69) is 10.0 Å². The van der Waals surface area contributed by atoms with Crippen molar-refractivity contribution in [1.82, 2.24) is 0 Å². The maximum absolute atomic E-state index is 12.9. The monoisotopic (exact) mass is 435 g/mol. The average Bonchev–Trinajstić information content (AvgIpc) is 2.76. The van der Waals surface area contributed by atoms with Gasteiger partial charge in [0.1, 0.15) is 5.75 Å². The second kappa shape index (κ2) is 9.32. The third-order valence-corrected chi connectivity index (χ3v) is 5.93. The Kier molecular flexibility index (Phi) is 6.58. The van der Waals surface area contributed by atoms with Gasteiger partial charge in [-0.05, 0) is 74.0 Å². The van der Waals surface area contributed by atoms with Crippen molar-refractivity contribution in [1.29, 1.82) is 5.26 Å². The van der Waals surface area contributed by atoms with Gasteiger partial charge in [-0.2, -0.15) is 5.26 Å². The predicted molar refractivity (Wildman–Crippen MR) is 119 cm³/mol. The molecule has 0 aliphatic carbocycles. The molecule has 0 fully saturated rings. The molecule has 0 heterocycles. The van der Waals surface area contributed by atoms with Crippen molar-refractivity contribution < 1.29 is 17.9 Å². The summed E-state index contributed by atoms with van der Waals surface area (Å²) in [6.45, 7) is 4.06. The first-order valence-electron chi connectivity index (χ1n) is 9.50. The molecule has 0 aliphatic rings. The molecule has 3 rings (SSSR count). The normalized spacial score (nSPS) is 10.7. The maximum Gasteiger partial charge on any atom is 0.262 e. The molecule has 0 aromatic heterocycles. The molecule has 0 atom stereocenters. The Hall–Kier alpha value is -3.83. The van der Waals surface area contributed by atoms with Gasteiger partial charge >= 0.3 is 0 Å². The molecule has 0 unspecified atom stereocenters. The number of rotatable bonds is 7. The number of hydrogen-bond acceptors (Lipinski definition) is 5. The maximum atomic E-state index is 12.9. The van der Waals surface area contributed by atoms with Crippen molar-refractivity contribution in [3.05, 3.63) is 83.4 Å². The Morgan fingerprint density at radius 1 is 1.03 bits per heavy atom. The lowest BCUT2D eigenvalue weighted by Crippen LogP contribution is -2.16. The number of nitriles is 1. The van der Waals surface area contributed by atoms with E-state index in [0.717, 1.165) is 0 Å². The molecule has 0 bridgehead atoms. The Labute approximate surface area is 181 Å². The van der Waals surface area contributed by atoms with E-state index in [1.807, 2.05) is 13.0 Å². The summed E-state index contributed by atoms with van der Waals surface area (Å²) in [6, 6.07) is 19.5. The largest absolute Gasteiger partial charge is 0.494 e. The molecule has 1 amide bonds. The van der Waals surface area contributed by atoms with E-state index < -0.39 is 15.9 Å². The van der Waals surface area contributed by atoms with Crippen LogP contribution in [-0.4, -0.2) is 20.9 Å². The van der Waals surface area contributed by atoms with Crippen LogP contribution in [0.5, 0.6) is 5.75 Å². The summed E-state index contributed by atoms with van der Waals surface area (Å²) >= 11 is 0. The van der Waals surface area contributed by atoms with Gasteiger partial charge in [0.2, 0.25) is 0 Å². The molecule has 0 aliphatic heterocycles. The molecular formula is C23H21N3O4S. The SMILES string of the molecule is CCOc1ccc(NS(=O)(=O)c2cc(NC(=O)c3cccc(C#N)c3)ccc2C)cc1. The summed E-state index contributed by atoms with van der Waals surface area (Å²) in [5.41, 5.74) is 1.91. The molecule has 31 heavy (non-hydrogen) atoms. The fourth-order valence-electron chi connectivity index (χ4n) is 2.90. The summed E-state index contributed by atoms with van der Waals surface area (Å²) in [4.78, 5) is 12.6. The third kappa shape index (κ3) is 5.41. The minimum absolute atomic E-state index is 0.0463. The van der Waals surface area contributed by atoms with E-state index in [1.54, 1.807) is 61.5 Å². The van der Waals surface area contributed by atoms with Crippen LogP contribution >= 0.6 is 0 Å². The highest BCUT2D eigenvalue weighted by atomic mass is 32.2. The Balaban J connectivity index is 1.82. The first-order valence-corrected chi connectivity index (χ1v) is 11.0. The topological polar surface area (TPSA) is 108 Å². The molecule has 0 saturated carbocycles. The number of anilines is 2. The standard InChI is InChI=1S/C23H21N3O4S/c1-3-30-21-11-9-19(10-12-21)26-31(28,29)22-14-20(8-7-16(22)2)25-23(27)18-6-4-5-17(13-18)15-24/h4-14,26H,3H2,1-2H3,(H,25,27). The molecule has 0 saturated heterocycles. The van der Waals surface area contributed by atoms with Crippen molar-refractivity contribution in [2.45, 2.75) is 18.7 Å². The zero-order valence-electron chi connectivity index (χ0n) is 17.0. The van der Waals surface area contributed by atoms with Crippen LogP contribution in [0, 0.1) is 18.3 Å². The van der Waals surface area contributed by atoms with Gasteiger partial charge < -0.3 is 10.1 Å². The van der Waals surface area contributed by atoms with Gasteiger partial charge in [0.25, 0.3) is 15.9 Å². The Morgan fingerprint density at radius 2 is 1.74 bits per heavy atom. The van der Waals surface area contributed by atoms with E-state index in [9.17, 15) is 13.2 Å². The van der Waals surface area contributed by atoms with Crippen molar-refractivity contribution in [2.24, 2.45) is 0 Å². The highest BCUT2D eigenvalue weighted by molar-refractivity contribution is 7.92. The van der Waals surface area contributed by atoms with Crippen LogP contribution in [0.15, 0.2) is 71.6 Å². The Bertz CT molecular complexity index is 1250. The van der Waals surface area contributed by atoms with Crippen LogP contribution in [0.3, 0.4) is 0 Å². The van der Waals surface area contributed by atoms with Gasteiger partial charge in [0.15, 0.2) is 0 Å². The summed E-state index contributed by atoms with van der Waals surface area (Å²) in [5.74, 6) is 0.204. The predicted octanol–water partition coefficient (Wildman–Crippen LogP) is 4.32. The lowest BCUT2D eigenvalue weighted by molar-refractivity contribution is 0.102. The summed E-state index contributed by atoms with van der Waals surface area (Å²) in [5, 5.41) is 11.7. The number of ether oxygens (including phenoxy) is 1. The van der Waals surface area contributed by atoms with Crippen LogP contribution in [0.4, 0.5) is 11.4 Å². The summed E-state index contributed by atoms with van der Waals surface area (Å²) < 4.78 is 33.8. The number of sulfonamides is 1. The Morgan fingerprint density at radius 3 is 2.42 bits per heavy atom. The summed E-state index contributed by atoms with van der Waals surface area (Å²) in [6.07, 6.45) is 0. The minimum Gasteiger partial charge on any atom is -0.494 e. The lowest BCUT2D eigenvalue weighted by Gasteiger charge is -2.13. The number of hydrogen-bond donors (Lipinski definition) is 2. The molecule has 2 N–H and O–H groups in total. The van der Waals surface area contributed by atoms with Gasteiger partial charge in [0, 0.05) is 16.9 Å². The number of nitrogens with zero attached hydrogens (tertiary/aromatic N) is 1. The van der Waals surface area contributed by atoms with Crippen molar-refractivity contribution in [2.75, 3.05) is 16.6 Å². The molecule has 7 nitrogen and oxygen atoms in total. The number of nitrogens with one attached hydrogen (secondary N) is 2. The fraction of sp³-hybridized carbons (Fsp3) is 0.130. The van der Waals surface area contributed by atoms with Crippen molar-refractivity contribution in [3.63, 3.8) is 0 Å². The highest BCUT2D eigenvalue weighted by Crippen LogP contribution is 2.24. The molecule has 0 radical (unpaired) electrons. The second-order valence-electron chi connectivity index (χ2n) is 6.69. The lowest BCUT2D eigenvalue weighted by atomic mass is 10.1. The number of amides is 1. The molecule has 8 heteroatoms. The molecule has 3 aromatic carbocycles. The number of benzene rings is 3. The number of aryl methyl sites for hydroxylation is 1. The number of carbonyl (C=O) groups is 1. The van der Waals surface area contributed by atoms with Gasteiger partial charge in [-0.15, -0.1) is 0 Å². The van der Waals surface area contributed by atoms with E-state index >= 15 is 0 Å². The molecule has 158 valence electrons. The third-order valence-electron chi connectivity index (χ3n) is 4.41. The second-order valence-corrected chi connectivity index (χ2v) is 8.34. The zero-order chi connectivity index (χ0) is 22.4. The molecule has 3 aromatic rings. The van der Waals surface area contributed by atoms with Gasteiger partial charge in [-0.1, -0.05) is 12.1 Å². The first-order chi connectivity index (χ1) is 14.8. The van der Waals surface area contributed by atoms with Crippen molar-refractivity contribution in [3.8, 4) is 11.8 Å². The van der Waals surface area contributed by atoms with Gasteiger partial charge in [-0.3, -0.25) is 9.52 Å². The van der Waals surface area contributed by atoms with E-state index in [-0.39, 0.29) is 4.90 Å². The van der Waals surface area contributed by atoms with Gasteiger partial charge in [0.05, 0.1) is 23.1 Å². The van der Waals surface area contributed by atoms with Crippen LogP contribution in [0.2, 0.25) is 0 Å². The van der Waals surface area contributed by atoms with E-state index in [0.29, 0.717) is 40.4 Å². The first kappa shape index (κ1) is 21.9. The van der Waals surface area contributed by atoms with Gasteiger partial charge in [-0.25, -0.2) is 8.42 Å². The average molecular weight is 436 g/mol. The van der Waals surface area contributed by atoms with Crippen LogP contribution in [0.1, 0.15) is 28.4 Å². The van der Waals surface area contributed by atoms with Crippen LogP contribution in [0.25, 0.3) is 0 Å². The molecular weight excluding hydrogens is 414 g/mol. The summed E-state index contributed by atoms with van der Waals surface area (Å²) in [7, 11) is -3.89. The smallest absolute Gasteiger partial charge is 0.262 e. The van der Waals surface area contributed by atoms with Crippen LogP contribution in [-0.2, 0) is 10.0 Å². The van der Waals surface area contributed by atoms with E-state index in [4.69, 9.17) is 10.00 Å². The van der Waals surface area contributed by atoms with Crippen LogP contribution < -0.4 is 14.8 Å².